The molecule has 6 nitrogen and oxygen atoms in total. The van der Waals surface area contributed by atoms with Gasteiger partial charge >= 0.3 is 0 Å². The zero-order chi connectivity index (χ0) is 19.6. The molecule has 27 heavy (non-hydrogen) atoms. The van der Waals surface area contributed by atoms with Gasteiger partial charge in [-0.25, -0.2) is 0 Å². The van der Waals surface area contributed by atoms with Crippen LogP contribution in [0.1, 0.15) is 0 Å². The Hall–Kier alpha value is -3.54. The average molecular weight is 368 g/mol. The number of hydrogen-bond acceptors (Lipinski definition) is 6. The summed E-state index contributed by atoms with van der Waals surface area (Å²) in [5, 5.41) is 30.7. The molecule has 0 aliphatic heterocycles. The largest absolute Gasteiger partial charge is 0.508 e. The lowest BCUT2D eigenvalue weighted by Gasteiger charge is -2.16. The van der Waals surface area contributed by atoms with Gasteiger partial charge in [0.05, 0.1) is 21.3 Å². The molecular formula is C21H20O6. The van der Waals surface area contributed by atoms with E-state index in [4.69, 9.17) is 14.2 Å². The molecule has 0 spiro atoms. The van der Waals surface area contributed by atoms with Crippen molar-refractivity contribution in [2.45, 2.75) is 0 Å². The normalized spacial score (nSPS) is 10.5. The van der Waals surface area contributed by atoms with Crippen LogP contribution in [0, 0.1) is 0 Å². The highest BCUT2D eigenvalue weighted by molar-refractivity contribution is 5.88. The first-order valence-electron chi connectivity index (χ1n) is 8.14. The van der Waals surface area contributed by atoms with E-state index < -0.39 is 0 Å². The van der Waals surface area contributed by atoms with E-state index in [1.807, 2.05) is 0 Å². The summed E-state index contributed by atoms with van der Waals surface area (Å²) < 4.78 is 16.0. The van der Waals surface area contributed by atoms with Gasteiger partial charge < -0.3 is 29.5 Å². The van der Waals surface area contributed by atoms with Crippen LogP contribution in [0.4, 0.5) is 0 Å². The van der Waals surface area contributed by atoms with Crippen molar-refractivity contribution in [2.75, 3.05) is 21.3 Å². The Morgan fingerprint density at radius 2 is 1.22 bits per heavy atom. The Morgan fingerprint density at radius 1 is 0.593 bits per heavy atom. The summed E-state index contributed by atoms with van der Waals surface area (Å²) in [4.78, 5) is 0. The van der Waals surface area contributed by atoms with E-state index in [0.717, 1.165) is 0 Å². The number of ether oxygens (including phenoxy) is 3. The molecule has 0 saturated carbocycles. The Bertz CT molecular complexity index is 981. The molecule has 3 aromatic rings. The van der Waals surface area contributed by atoms with Crippen molar-refractivity contribution >= 4 is 0 Å². The van der Waals surface area contributed by atoms with E-state index in [1.165, 1.54) is 32.4 Å². The summed E-state index contributed by atoms with van der Waals surface area (Å²) in [7, 11) is 4.60. The van der Waals surface area contributed by atoms with Crippen molar-refractivity contribution < 1.29 is 29.5 Å². The summed E-state index contributed by atoms with van der Waals surface area (Å²) in [6, 6.07) is 12.7. The van der Waals surface area contributed by atoms with Crippen LogP contribution < -0.4 is 14.2 Å². The third kappa shape index (κ3) is 3.42. The maximum atomic E-state index is 10.9. The van der Waals surface area contributed by atoms with Gasteiger partial charge in [0.2, 0.25) is 0 Å². The Balaban J connectivity index is 2.26. The molecule has 0 bridgehead atoms. The smallest absolute Gasteiger partial charge is 0.131 e. The number of hydrogen-bond donors (Lipinski definition) is 3. The first-order chi connectivity index (χ1) is 13.0. The topological polar surface area (TPSA) is 88.4 Å². The van der Waals surface area contributed by atoms with Crippen LogP contribution in [-0.2, 0) is 0 Å². The van der Waals surface area contributed by atoms with Crippen molar-refractivity contribution in [3.8, 4) is 56.8 Å². The molecule has 3 rings (SSSR count). The van der Waals surface area contributed by atoms with Gasteiger partial charge in [-0.15, -0.1) is 0 Å². The van der Waals surface area contributed by atoms with Gasteiger partial charge in [-0.1, -0.05) is 0 Å². The Morgan fingerprint density at radius 3 is 1.81 bits per heavy atom. The molecule has 3 N–H and O–H groups in total. The van der Waals surface area contributed by atoms with Gasteiger partial charge in [0.25, 0.3) is 0 Å². The van der Waals surface area contributed by atoms with Crippen molar-refractivity contribution in [3.05, 3.63) is 48.5 Å². The highest BCUT2D eigenvalue weighted by atomic mass is 16.5. The Labute approximate surface area is 156 Å². The van der Waals surface area contributed by atoms with Gasteiger partial charge in [-0.2, -0.15) is 0 Å². The van der Waals surface area contributed by atoms with Crippen molar-refractivity contribution in [3.63, 3.8) is 0 Å². The summed E-state index contributed by atoms with van der Waals surface area (Å²) in [5.41, 5.74) is 1.82. The fourth-order valence-electron chi connectivity index (χ4n) is 2.91. The predicted molar refractivity (Wildman–Crippen MR) is 102 cm³/mol. The second-order valence-corrected chi connectivity index (χ2v) is 5.84. The van der Waals surface area contributed by atoms with Crippen molar-refractivity contribution in [2.24, 2.45) is 0 Å². The highest BCUT2D eigenvalue weighted by Gasteiger charge is 2.19. The second kappa shape index (κ2) is 7.37. The number of phenols is 3. The summed E-state index contributed by atoms with van der Waals surface area (Å²) in [5.74, 6) is 1.33. The van der Waals surface area contributed by atoms with Crippen LogP contribution in [-0.4, -0.2) is 36.6 Å². The molecular weight excluding hydrogens is 348 g/mol. The van der Waals surface area contributed by atoms with Gasteiger partial charge in [0.15, 0.2) is 0 Å². The summed E-state index contributed by atoms with van der Waals surface area (Å²) in [6.07, 6.45) is 0. The SMILES string of the molecule is COc1ccc(-c2cc(OC)cc(-c3ccc(O)cc3O)c2O)c(OC)c1. The quantitative estimate of drug-likeness (QED) is 0.627. The number of phenolic OH excluding ortho intramolecular Hbond substituents is 3. The van der Waals surface area contributed by atoms with E-state index in [2.05, 4.69) is 0 Å². The van der Waals surface area contributed by atoms with Gasteiger partial charge in [-0.05, 0) is 36.4 Å². The lowest BCUT2D eigenvalue weighted by Crippen LogP contribution is -1.93. The molecule has 0 saturated heterocycles. The first-order valence-corrected chi connectivity index (χ1v) is 8.14. The van der Waals surface area contributed by atoms with E-state index in [-0.39, 0.29) is 17.2 Å². The maximum absolute atomic E-state index is 10.9. The predicted octanol–water partition coefficient (Wildman–Crippen LogP) is 4.16. The molecule has 0 atom stereocenters. The third-order valence-corrected chi connectivity index (χ3v) is 4.29. The minimum absolute atomic E-state index is 0.0553. The second-order valence-electron chi connectivity index (χ2n) is 5.84. The summed E-state index contributed by atoms with van der Waals surface area (Å²) >= 11 is 0. The van der Waals surface area contributed by atoms with E-state index in [1.54, 1.807) is 37.4 Å². The zero-order valence-corrected chi connectivity index (χ0v) is 15.2. The molecule has 0 aromatic heterocycles. The van der Waals surface area contributed by atoms with Crippen LogP contribution >= 0.6 is 0 Å². The number of aromatic hydroxyl groups is 3. The van der Waals surface area contributed by atoms with E-state index >= 15 is 0 Å². The molecule has 140 valence electrons. The lowest BCUT2D eigenvalue weighted by molar-refractivity contribution is 0.395. The molecule has 0 radical (unpaired) electrons. The third-order valence-electron chi connectivity index (χ3n) is 4.29. The van der Waals surface area contributed by atoms with E-state index in [9.17, 15) is 15.3 Å². The highest BCUT2D eigenvalue weighted by Crippen LogP contribution is 2.47. The molecule has 0 aliphatic rings. The first kappa shape index (κ1) is 18.3. The minimum Gasteiger partial charge on any atom is -0.508 e. The fraction of sp³-hybridized carbons (Fsp3) is 0.143. The van der Waals surface area contributed by atoms with Crippen LogP contribution in [0.25, 0.3) is 22.3 Å². The number of rotatable bonds is 5. The van der Waals surface area contributed by atoms with Crippen LogP contribution in [0.2, 0.25) is 0 Å². The standard InChI is InChI=1S/C21H20O6/c1-25-13-5-7-16(20(11-13)27-3)18-10-14(26-2)9-17(21(18)24)15-6-4-12(22)8-19(15)23/h4-11,22-24H,1-3H3. The summed E-state index contributed by atoms with van der Waals surface area (Å²) in [6.45, 7) is 0. The molecule has 0 fully saturated rings. The molecule has 6 heteroatoms. The Kier molecular flexibility index (Phi) is 4.98. The van der Waals surface area contributed by atoms with Crippen LogP contribution in [0.15, 0.2) is 48.5 Å². The fourth-order valence-corrected chi connectivity index (χ4v) is 2.91. The average Bonchev–Trinajstić information content (AvgIpc) is 2.68. The van der Waals surface area contributed by atoms with Gasteiger partial charge in [-0.3, -0.25) is 0 Å². The number of benzene rings is 3. The van der Waals surface area contributed by atoms with E-state index in [0.29, 0.717) is 39.5 Å². The molecule has 0 heterocycles. The molecule has 0 amide bonds. The zero-order valence-electron chi connectivity index (χ0n) is 15.2. The van der Waals surface area contributed by atoms with Crippen LogP contribution in [0.5, 0.6) is 34.5 Å². The van der Waals surface area contributed by atoms with Gasteiger partial charge in [0.1, 0.15) is 34.5 Å². The maximum Gasteiger partial charge on any atom is 0.131 e. The minimum atomic E-state index is -0.161. The van der Waals surface area contributed by atoms with Crippen molar-refractivity contribution in [1.29, 1.82) is 0 Å². The molecule has 0 unspecified atom stereocenters. The monoisotopic (exact) mass is 368 g/mol. The van der Waals surface area contributed by atoms with Crippen molar-refractivity contribution in [1.82, 2.24) is 0 Å². The molecule has 0 aliphatic carbocycles. The van der Waals surface area contributed by atoms with Gasteiger partial charge in [0, 0.05) is 34.4 Å². The molecule has 3 aromatic carbocycles. The number of methoxy groups -OCH3 is 3. The lowest BCUT2D eigenvalue weighted by atomic mass is 9.95. The van der Waals surface area contributed by atoms with Crippen LogP contribution in [0.3, 0.4) is 0 Å².